The molecule has 0 atom stereocenters. The summed E-state index contributed by atoms with van der Waals surface area (Å²) in [5, 5.41) is 0. The van der Waals surface area contributed by atoms with Gasteiger partial charge in [0.15, 0.2) is 0 Å². The number of carbonyl (C=O) groups is 1. The molecule has 0 unspecified atom stereocenters. The molecular weight excluding hydrogens is 212 g/mol. The van der Waals surface area contributed by atoms with E-state index in [2.05, 4.69) is 9.80 Å². The van der Waals surface area contributed by atoms with Crippen molar-refractivity contribution in [2.45, 2.75) is 45.6 Å². The first-order valence-electron chi connectivity index (χ1n) is 7.03. The Hall–Kier alpha value is -0.410. The molecule has 98 valence electrons. The highest BCUT2D eigenvalue weighted by molar-refractivity contribution is 5.58. The van der Waals surface area contributed by atoms with Gasteiger partial charge in [-0.05, 0) is 51.9 Å². The molecule has 0 spiro atoms. The van der Waals surface area contributed by atoms with E-state index >= 15 is 0 Å². The third-order valence-electron chi connectivity index (χ3n) is 4.16. The summed E-state index contributed by atoms with van der Waals surface area (Å²) in [6, 6.07) is 0.813. The predicted molar refractivity (Wildman–Crippen MR) is 70.1 cm³/mol. The molecule has 2 fully saturated rings. The van der Waals surface area contributed by atoms with Crippen molar-refractivity contribution in [2.75, 3.05) is 32.7 Å². The summed E-state index contributed by atoms with van der Waals surface area (Å²) in [6.45, 7) is 9.94. The van der Waals surface area contributed by atoms with Crippen LogP contribution in [-0.4, -0.2) is 54.9 Å². The minimum absolute atomic E-state index is 0.180. The molecule has 0 aromatic rings. The molecule has 3 heteroatoms. The van der Waals surface area contributed by atoms with Crippen LogP contribution in [0.2, 0.25) is 0 Å². The predicted octanol–water partition coefficient (Wildman–Crippen LogP) is 1.77. The summed E-state index contributed by atoms with van der Waals surface area (Å²) in [6.07, 6.45) is 6.44. The highest BCUT2D eigenvalue weighted by atomic mass is 16.1. The van der Waals surface area contributed by atoms with E-state index in [0.717, 1.165) is 18.9 Å². The van der Waals surface area contributed by atoms with E-state index in [1.165, 1.54) is 51.9 Å². The van der Waals surface area contributed by atoms with Crippen LogP contribution in [-0.2, 0) is 4.79 Å². The Morgan fingerprint density at radius 3 is 2.24 bits per heavy atom. The van der Waals surface area contributed by atoms with Crippen molar-refractivity contribution in [3.05, 3.63) is 0 Å². The van der Waals surface area contributed by atoms with Gasteiger partial charge in [0.1, 0.15) is 6.29 Å². The van der Waals surface area contributed by atoms with Crippen LogP contribution >= 0.6 is 0 Å². The van der Waals surface area contributed by atoms with E-state index in [0.29, 0.717) is 0 Å². The average Bonchev–Trinajstić information content (AvgIpc) is 2.83. The lowest BCUT2D eigenvalue weighted by Gasteiger charge is -2.38. The van der Waals surface area contributed by atoms with Crippen LogP contribution in [0.1, 0.15) is 39.5 Å². The van der Waals surface area contributed by atoms with Gasteiger partial charge < -0.3 is 14.6 Å². The lowest BCUT2D eigenvalue weighted by molar-refractivity contribution is -0.115. The second-order valence-electron chi connectivity index (χ2n) is 6.36. The maximum absolute atomic E-state index is 10.9. The molecule has 0 N–H and O–H groups in total. The fourth-order valence-electron chi connectivity index (χ4n) is 3.16. The summed E-state index contributed by atoms with van der Waals surface area (Å²) in [5.74, 6) is 0. The molecule has 0 aromatic carbocycles. The van der Waals surface area contributed by atoms with E-state index in [4.69, 9.17) is 0 Å². The lowest BCUT2D eigenvalue weighted by atomic mass is 9.93. The first-order valence-corrected chi connectivity index (χ1v) is 7.03. The summed E-state index contributed by atoms with van der Waals surface area (Å²) in [5.41, 5.74) is -0.180. The maximum Gasteiger partial charge on any atom is 0.126 e. The topological polar surface area (TPSA) is 23.6 Å². The van der Waals surface area contributed by atoms with Gasteiger partial charge in [0.05, 0.1) is 0 Å². The van der Waals surface area contributed by atoms with Crippen LogP contribution in [0.15, 0.2) is 0 Å². The lowest BCUT2D eigenvalue weighted by Crippen LogP contribution is -2.46. The smallest absolute Gasteiger partial charge is 0.126 e. The Bertz CT molecular complexity index is 251. The van der Waals surface area contributed by atoms with Crippen molar-refractivity contribution in [3.8, 4) is 0 Å². The zero-order chi connectivity index (χ0) is 12.3. The fraction of sp³-hybridized carbons (Fsp3) is 0.929. The number of carbonyl (C=O) groups excluding carboxylic acids is 1. The molecule has 0 bridgehead atoms. The van der Waals surface area contributed by atoms with Gasteiger partial charge in [-0.25, -0.2) is 0 Å². The van der Waals surface area contributed by atoms with Gasteiger partial charge in [0.25, 0.3) is 0 Å². The summed E-state index contributed by atoms with van der Waals surface area (Å²) >= 11 is 0. The molecule has 17 heavy (non-hydrogen) atoms. The Labute approximate surface area is 105 Å². The zero-order valence-electron chi connectivity index (χ0n) is 11.3. The van der Waals surface area contributed by atoms with Crippen LogP contribution in [0.25, 0.3) is 0 Å². The molecule has 2 saturated heterocycles. The third-order valence-corrected chi connectivity index (χ3v) is 4.16. The van der Waals surface area contributed by atoms with Gasteiger partial charge in [0, 0.05) is 18.0 Å². The van der Waals surface area contributed by atoms with Crippen LogP contribution < -0.4 is 0 Å². The van der Waals surface area contributed by atoms with Crippen LogP contribution in [0.5, 0.6) is 0 Å². The molecule has 0 radical (unpaired) electrons. The van der Waals surface area contributed by atoms with Gasteiger partial charge in [-0.1, -0.05) is 13.8 Å². The SMILES string of the molecule is CC(C)(C=O)CN1CCC(N2CCCC2)CC1. The molecule has 0 aromatic heterocycles. The van der Waals surface area contributed by atoms with Crippen molar-refractivity contribution in [3.63, 3.8) is 0 Å². The van der Waals surface area contributed by atoms with Gasteiger partial charge >= 0.3 is 0 Å². The minimum atomic E-state index is -0.180. The highest BCUT2D eigenvalue weighted by Crippen LogP contribution is 2.23. The molecule has 0 saturated carbocycles. The van der Waals surface area contributed by atoms with Crippen molar-refractivity contribution in [2.24, 2.45) is 5.41 Å². The van der Waals surface area contributed by atoms with E-state index in [9.17, 15) is 4.79 Å². The quantitative estimate of drug-likeness (QED) is 0.697. The van der Waals surface area contributed by atoms with Gasteiger partial charge in [-0.2, -0.15) is 0 Å². The normalized spacial score (nSPS) is 25.3. The number of nitrogens with zero attached hydrogens (tertiary/aromatic N) is 2. The van der Waals surface area contributed by atoms with Crippen molar-refractivity contribution >= 4 is 6.29 Å². The summed E-state index contributed by atoms with van der Waals surface area (Å²) in [7, 11) is 0. The standard InChI is InChI=1S/C14H26N2O/c1-14(2,12-17)11-15-9-5-13(6-10-15)16-7-3-4-8-16/h12-13H,3-11H2,1-2H3. The van der Waals surface area contributed by atoms with Gasteiger partial charge in [-0.3, -0.25) is 0 Å². The summed E-state index contributed by atoms with van der Waals surface area (Å²) < 4.78 is 0. The van der Waals surface area contributed by atoms with E-state index in [-0.39, 0.29) is 5.41 Å². The van der Waals surface area contributed by atoms with E-state index in [1.54, 1.807) is 0 Å². The Balaban J connectivity index is 1.75. The van der Waals surface area contributed by atoms with Crippen LogP contribution in [0.4, 0.5) is 0 Å². The second-order valence-corrected chi connectivity index (χ2v) is 6.36. The molecular formula is C14H26N2O. The van der Waals surface area contributed by atoms with Crippen molar-refractivity contribution in [1.29, 1.82) is 0 Å². The zero-order valence-corrected chi connectivity index (χ0v) is 11.3. The van der Waals surface area contributed by atoms with Gasteiger partial charge in [-0.15, -0.1) is 0 Å². The molecule has 0 amide bonds. The largest absolute Gasteiger partial charge is 0.303 e. The molecule has 2 aliphatic heterocycles. The number of piperidine rings is 1. The van der Waals surface area contributed by atoms with E-state index < -0.39 is 0 Å². The first-order chi connectivity index (χ1) is 8.11. The van der Waals surface area contributed by atoms with Crippen LogP contribution in [0.3, 0.4) is 0 Å². The number of hydrogen-bond donors (Lipinski definition) is 0. The maximum atomic E-state index is 10.9. The third kappa shape index (κ3) is 3.52. The van der Waals surface area contributed by atoms with Crippen molar-refractivity contribution < 1.29 is 4.79 Å². The number of likely N-dealkylation sites (tertiary alicyclic amines) is 2. The highest BCUT2D eigenvalue weighted by Gasteiger charge is 2.28. The summed E-state index contributed by atoms with van der Waals surface area (Å²) in [4.78, 5) is 16.1. The number of rotatable bonds is 4. The monoisotopic (exact) mass is 238 g/mol. The Kier molecular flexibility index (Phi) is 4.21. The molecule has 2 rings (SSSR count). The fourth-order valence-corrected chi connectivity index (χ4v) is 3.16. The molecule has 2 aliphatic rings. The second kappa shape index (κ2) is 5.49. The number of hydrogen-bond acceptors (Lipinski definition) is 3. The number of aldehydes is 1. The molecule has 0 aliphatic carbocycles. The Morgan fingerprint density at radius 1 is 1.12 bits per heavy atom. The first kappa shape index (κ1) is 13.0. The Morgan fingerprint density at radius 2 is 1.71 bits per heavy atom. The van der Waals surface area contributed by atoms with Gasteiger partial charge in [0.2, 0.25) is 0 Å². The van der Waals surface area contributed by atoms with Crippen molar-refractivity contribution in [1.82, 2.24) is 9.80 Å². The minimum Gasteiger partial charge on any atom is -0.303 e. The van der Waals surface area contributed by atoms with Crippen LogP contribution in [0, 0.1) is 5.41 Å². The molecule has 2 heterocycles. The molecule has 3 nitrogen and oxygen atoms in total. The average molecular weight is 238 g/mol. The van der Waals surface area contributed by atoms with E-state index in [1.807, 2.05) is 13.8 Å².